The van der Waals surface area contributed by atoms with Crippen molar-refractivity contribution in [2.45, 2.75) is 32.6 Å². The molecule has 4 aromatic rings. The largest absolute Gasteiger partial charge is 0.340 e. The average molecular weight is 355 g/mol. The maximum absolute atomic E-state index is 4.64. The molecule has 2 aromatic carbocycles. The van der Waals surface area contributed by atoms with Crippen molar-refractivity contribution in [1.29, 1.82) is 0 Å². The lowest BCUT2D eigenvalue weighted by atomic mass is 10.0. The van der Waals surface area contributed by atoms with Crippen molar-refractivity contribution in [2.24, 2.45) is 0 Å². The van der Waals surface area contributed by atoms with E-state index >= 15 is 0 Å². The lowest BCUT2D eigenvalue weighted by molar-refractivity contribution is 0.909. The van der Waals surface area contributed by atoms with E-state index in [1.165, 1.54) is 29.5 Å². The van der Waals surface area contributed by atoms with E-state index in [9.17, 15) is 0 Å². The van der Waals surface area contributed by atoms with Gasteiger partial charge < -0.3 is 5.32 Å². The Morgan fingerprint density at radius 2 is 1.89 bits per heavy atom. The Balaban J connectivity index is 1.61. The fraction of sp³-hybridized carbons (Fsp3) is 0.227. The molecule has 1 aliphatic rings. The van der Waals surface area contributed by atoms with E-state index in [1.807, 2.05) is 13.0 Å². The molecule has 0 spiro atoms. The molecule has 0 bridgehead atoms. The molecule has 0 saturated carbocycles. The molecule has 0 aliphatic heterocycles. The number of anilines is 2. The van der Waals surface area contributed by atoms with Crippen molar-refractivity contribution in [1.82, 2.24) is 19.6 Å². The smallest absolute Gasteiger partial charge is 0.254 e. The van der Waals surface area contributed by atoms with Gasteiger partial charge in [-0.25, -0.2) is 4.98 Å². The number of hydrogen-bond donors (Lipinski definition) is 1. The minimum atomic E-state index is 0.618. The normalized spacial score (nSPS) is 13.1. The van der Waals surface area contributed by atoms with Gasteiger partial charge in [0.05, 0.1) is 0 Å². The molecule has 0 unspecified atom stereocenters. The lowest BCUT2D eigenvalue weighted by Gasteiger charge is -2.16. The summed E-state index contributed by atoms with van der Waals surface area (Å²) in [6.45, 7) is 2.04. The molecular formula is C22H21N5. The maximum atomic E-state index is 4.64. The van der Waals surface area contributed by atoms with Crippen molar-refractivity contribution in [3.05, 3.63) is 82.8 Å². The molecule has 0 radical (unpaired) electrons. The van der Waals surface area contributed by atoms with Crippen LogP contribution in [0.3, 0.4) is 0 Å². The highest BCUT2D eigenvalue weighted by molar-refractivity contribution is 5.65. The number of rotatable bonds is 4. The van der Waals surface area contributed by atoms with E-state index in [0.717, 1.165) is 35.6 Å². The van der Waals surface area contributed by atoms with Crippen LogP contribution >= 0.6 is 0 Å². The Kier molecular flexibility index (Phi) is 3.85. The molecule has 1 aliphatic carbocycles. The number of aromatic nitrogens is 4. The average Bonchev–Trinajstić information content (AvgIpc) is 3.34. The maximum Gasteiger partial charge on any atom is 0.254 e. The summed E-state index contributed by atoms with van der Waals surface area (Å²) < 4.78 is 1.80. The highest BCUT2D eigenvalue weighted by Crippen LogP contribution is 2.29. The zero-order chi connectivity index (χ0) is 18.2. The van der Waals surface area contributed by atoms with Crippen molar-refractivity contribution >= 4 is 17.3 Å². The van der Waals surface area contributed by atoms with E-state index in [1.54, 1.807) is 10.8 Å². The zero-order valence-electron chi connectivity index (χ0n) is 15.3. The third-order valence-electron chi connectivity index (χ3n) is 5.32. The summed E-state index contributed by atoms with van der Waals surface area (Å²) in [5.74, 6) is 1.56. The van der Waals surface area contributed by atoms with E-state index in [4.69, 9.17) is 0 Å². The Morgan fingerprint density at radius 3 is 2.78 bits per heavy atom. The van der Waals surface area contributed by atoms with Crippen LogP contribution in [0.5, 0.6) is 0 Å². The molecule has 5 nitrogen and oxygen atoms in total. The van der Waals surface area contributed by atoms with Gasteiger partial charge in [-0.2, -0.15) is 14.6 Å². The van der Waals surface area contributed by atoms with Gasteiger partial charge in [0.2, 0.25) is 0 Å². The Labute approximate surface area is 158 Å². The zero-order valence-corrected chi connectivity index (χ0v) is 15.3. The minimum Gasteiger partial charge on any atom is -0.340 e. The third-order valence-corrected chi connectivity index (χ3v) is 5.32. The van der Waals surface area contributed by atoms with Crippen LogP contribution in [0.15, 0.2) is 54.9 Å². The Morgan fingerprint density at radius 1 is 1.04 bits per heavy atom. The third kappa shape index (κ3) is 2.95. The second kappa shape index (κ2) is 6.50. The van der Waals surface area contributed by atoms with Crippen molar-refractivity contribution < 1.29 is 0 Å². The van der Waals surface area contributed by atoms with Crippen LogP contribution in [0.4, 0.5) is 11.5 Å². The summed E-state index contributed by atoms with van der Waals surface area (Å²) in [6.07, 6.45) is 5.96. The molecular weight excluding hydrogens is 334 g/mol. The quantitative estimate of drug-likeness (QED) is 0.594. The van der Waals surface area contributed by atoms with E-state index in [-0.39, 0.29) is 0 Å². The second-order valence-electron chi connectivity index (χ2n) is 7.12. The summed E-state index contributed by atoms with van der Waals surface area (Å²) in [5, 5.41) is 8.02. The molecule has 2 heterocycles. The van der Waals surface area contributed by atoms with Gasteiger partial charge in [-0.05, 0) is 55.0 Å². The number of fused-ring (bicyclic) bond motifs is 2. The van der Waals surface area contributed by atoms with Gasteiger partial charge in [-0.1, -0.05) is 36.4 Å². The molecule has 5 heteroatoms. The molecule has 0 amide bonds. The fourth-order valence-corrected chi connectivity index (χ4v) is 3.91. The first-order valence-corrected chi connectivity index (χ1v) is 9.40. The lowest BCUT2D eigenvalue weighted by Crippen LogP contribution is -2.09. The van der Waals surface area contributed by atoms with E-state index in [2.05, 4.69) is 62.8 Å². The number of aryl methyl sites for hydroxylation is 3. The van der Waals surface area contributed by atoms with Crippen molar-refractivity contribution in [3.8, 4) is 0 Å². The van der Waals surface area contributed by atoms with Crippen LogP contribution in [0, 0.1) is 6.92 Å². The summed E-state index contributed by atoms with van der Waals surface area (Å²) in [7, 11) is 0. The van der Waals surface area contributed by atoms with Gasteiger partial charge >= 0.3 is 0 Å². The number of benzene rings is 2. The fourth-order valence-electron chi connectivity index (χ4n) is 3.91. The minimum absolute atomic E-state index is 0.618. The highest BCUT2D eigenvalue weighted by atomic mass is 15.4. The molecule has 134 valence electrons. The van der Waals surface area contributed by atoms with Crippen LogP contribution in [0.25, 0.3) is 5.78 Å². The van der Waals surface area contributed by atoms with E-state index in [0.29, 0.717) is 5.78 Å². The standard InChI is InChI=1S/C22H21N5/c1-15-20(12-16-6-3-2-4-7-16)21(27-22(25-15)23-14-24-27)26-19-11-10-17-8-5-9-18(17)13-19/h2-4,6-7,10-11,13-14,26H,5,8-9,12H2,1H3. The van der Waals surface area contributed by atoms with Gasteiger partial charge in [-0.3, -0.25) is 0 Å². The number of nitrogens with one attached hydrogen (secondary N) is 1. The molecule has 1 N–H and O–H groups in total. The van der Waals surface area contributed by atoms with Crippen LogP contribution in [-0.2, 0) is 19.3 Å². The van der Waals surface area contributed by atoms with Crippen LogP contribution in [0.1, 0.15) is 34.4 Å². The number of hydrogen-bond acceptors (Lipinski definition) is 4. The van der Waals surface area contributed by atoms with Gasteiger partial charge in [0.25, 0.3) is 5.78 Å². The van der Waals surface area contributed by atoms with Crippen molar-refractivity contribution in [2.75, 3.05) is 5.32 Å². The monoisotopic (exact) mass is 355 g/mol. The summed E-state index contributed by atoms with van der Waals surface area (Å²) in [6, 6.07) is 17.1. The van der Waals surface area contributed by atoms with Gasteiger partial charge in [0.15, 0.2) is 0 Å². The summed E-state index contributed by atoms with van der Waals surface area (Å²) in [5.41, 5.74) is 7.38. The van der Waals surface area contributed by atoms with Crippen molar-refractivity contribution in [3.63, 3.8) is 0 Å². The van der Waals surface area contributed by atoms with Crippen LogP contribution < -0.4 is 5.32 Å². The van der Waals surface area contributed by atoms with Gasteiger partial charge in [-0.15, -0.1) is 0 Å². The first kappa shape index (κ1) is 16.0. The highest BCUT2D eigenvalue weighted by Gasteiger charge is 2.17. The predicted molar refractivity (Wildman–Crippen MR) is 107 cm³/mol. The second-order valence-corrected chi connectivity index (χ2v) is 7.12. The van der Waals surface area contributed by atoms with Gasteiger partial charge in [0.1, 0.15) is 12.1 Å². The molecule has 0 saturated heterocycles. The summed E-state index contributed by atoms with van der Waals surface area (Å²) >= 11 is 0. The van der Waals surface area contributed by atoms with E-state index < -0.39 is 0 Å². The van der Waals surface area contributed by atoms with Crippen LogP contribution in [0.2, 0.25) is 0 Å². The molecule has 27 heavy (non-hydrogen) atoms. The Bertz CT molecular complexity index is 1110. The van der Waals surface area contributed by atoms with Gasteiger partial charge in [0, 0.05) is 23.4 Å². The molecule has 2 aromatic heterocycles. The first-order valence-electron chi connectivity index (χ1n) is 9.40. The molecule has 0 fully saturated rings. The Hall–Kier alpha value is -3.21. The number of nitrogens with zero attached hydrogens (tertiary/aromatic N) is 4. The first-order chi connectivity index (χ1) is 13.3. The van der Waals surface area contributed by atoms with Crippen LogP contribution in [-0.4, -0.2) is 19.6 Å². The molecule has 5 rings (SSSR count). The topological polar surface area (TPSA) is 55.1 Å². The predicted octanol–water partition coefficient (Wildman–Crippen LogP) is 4.26. The summed E-state index contributed by atoms with van der Waals surface area (Å²) in [4.78, 5) is 8.93. The SMILES string of the molecule is Cc1nc2ncnn2c(Nc2ccc3c(c2)CCC3)c1Cc1ccccc1. The molecule has 0 atom stereocenters.